The zero-order valence-corrected chi connectivity index (χ0v) is 40.1. The molecule has 64 heavy (non-hydrogen) atoms. The van der Waals surface area contributed by atoms with E-state index in [4.69, 9.17) is 51.7 Å². The molecule has 0 aliphatic carbocycles. The van der Waals surface area contributed by atoms with Crippen LogP contribution in [0.25, 0.3) is 0 Å². The Morgan fingerprint density at radius 1 is 0.438 bits per heavy atom. The molecule has 4 aromatic carbocycles. The van der Waals surface area contributed by atoms with Gasteiger partial charge in [-0.2, -0.15) is 48.2 Å². The van der Waals surface area contributed by atoms with Crippen LogP contribution in [-0.4, -0.2) is 63.6 Å². The first-order chi connectivity index (χ1) is 29.5. The highest BCUT2D eigenvalue weighted by molar-refractivity contribution is 7.91. The number of sulfone groups is 1. The fraction of sp³-hybridized carbons (Fsp3) is 0.118. The summed E-state index contributed by atoms with van der Waals surface area (Å²) >= 11 is 16.0. The number of hydrogen-bond acceptors (Lipinski definition) is 19. The summed E-state index contributed by atoms with van der Waals surface area (Å²) in [5.41, 5.74) is 18.0. The molecule has 0 atom stereocenters. The Bertz CT molecular complexity index is 2800. The van der Waals surface area contributed by atoms with Crippen LogP contribution in [0, 0.1) is 38.8 Å². The number of sulfonamides is 3. The number of nitrogens with two attached hydrogens (primary N) is 1. The predicted octanol–water partition coefficient (Wildman–Crippen LogP) is 4.93. The first-order valence-electron chi connectivity index (χ1n) is 17.0. The topological polar surface area (TPSA) is 348 Å². The second-order valence-corrected chi connectivity index (χ2v) is 20.2. The van der Waals surface area contributed by atoms with Crippen molar-refractivity contribution in [1.82, 2.24) is 44.4 Å². The van der Waals surface area contributed by atoms with E-state index in [1.165, 1.54) is 48.5 Å². The summed E-state index contributed by atoms with van der Waals surface area (Å²) in [5.74, 6) is 3.80. The van der Waals surface area contributed by atoms with E-state index in [0.29, 0.717) is 0 Å². The molecule has 0 spiro atoms. The summed E-state index contributed by atoms with van der Waals surface area (Å²) in [4.78, 5) is 27.8. The smallest absolute Gasteiger partial charge is 0.258 e. The Kier molecular flexibility index (Phi) is 20.9. The van der Waals surface area contributed by atoms with Gasteiger partial charge < -0.3 is 0 Å². The van der Waals surface area contributed by atoms with Crippen LogP contribution in [0.3, 0.4) is 0 Å². The fourth-order valence-electron chi connectivity index (χ4n) is 4.28. The molecule has 0 saturated heterocycles. The molecule has 2 heterocycles. The SMILES string of the molecule is Cc1ccc(S(=O)(=O)NN)cc1.Cc1ccc(S(=O)(=O)NNc2nc(NNS(=O)(=O)c3ccc(C)cc3)nc(S(=O)(=O)c3ccc(C)cc3)n2)cc1.Clc1nc(Cl)nc(Cl)n1.N=N.S. The van der Waals surface area contributed by atoms with Crippen molar-refractivity contribution in [3.8, 4) is 0 Å². The minimum atomic E-state index is -4.32. The molecular formula is C34H39Cl3N14O8S5. The third-order valence-electron chi connectivity index (χ3n) is 7.48. The molecule has 22 nitrogen and oxygen atoms in total. The second-order valence-electron chi connectivity index (χ2n) is 12.2. The van der Waals surface area contributed by atoms with Gasteiger partial charge in [0.15, 0.2) is 0 Å². The maximum atomic E-state index is 13.3. The number of hydrazine groups is 3. The molecule has 0 amide bonds. The van der Waals surface area contributed by atoms with E-state index in [1.54, 1.807) is 74.1 Å². The van der Waals surface area contributed by atoms with Crippen molar-refractivity contribution in [2.45, 2.75) is 52.4 Å². The van der Waals surface area contributed by atoms with Crippen LogP contribution in [0.2, 0.25) is 15.9 Å². The van der Waals surface area contributed by atoms with Crippen LogP contribution in [0.4, 0.5) is 11.9 Å². The largest absolute Gasteiger partial charge is 0.276 e. The number of aromatic nitrogens is 6. The van der Waals surface area contributed by atoms with Gasteiger partial charge in [0, 0.05) is 0 Å². The Morgan fingerprint density at radius 2 is 0.703 bits per heavy atom. The summed E-state index contributed by atoms with van der Waals surface area (Å²) in [6, 6.07) is 24.2. The van der Waals surface area contributed by atoms with Gasteiger partial charge in [-0.05, 0) is 111 Å². The van der Waals surface area contributed by atoms with Crippen LogP contribution in [0.15, 0.2) is 122 Å². The number of nitrogens with zero attached hydrogens (tertiary/aromatic N) is 6. The minimum absolute atomic E-state index is 0. The first kappa shape index (κ1) is 55.1. The second kappa shape index (κ2) is 24.3. The van der Waals surface area contributed by atoms with Crippen molar-refractivity contribution in [3.63, 3.8) is 0 Å². The van der Waals surface area contributed by atoms with Crippen molar-refractivity contribution in [2.24, 2.45) is 5.84 Å². The quantitative estimate of drug-likeness (QED) is 0.0457. The molecule has 6 rings (SSSR count). The molecule has 0 aliphatic rings. The number of hydrogen-bond donors (Lipinski definition) is 8. The number of anilines is 2. The molecule has 6 aromatic rings. The summed E-state index contributed by atoms with van der Waals surface area (Å²) in [5, 5.41) is -0.763. The van der Waals surface area contributed by atoms with E-state index in [0.717, 1.165) is 22.3 Å². The predicted molar refractivity (Wildman–Crippen MR) is 243 cm³/mol. The number of halogens is 3. The van der Waals surface area contributed by atoms with Crippen LogP contribution in [-0.2, 0) is 39.9 Å². The van der Waals surface area contributed by atoms with Crippen molar-refractivity contribution < 1.29 is 33.7 Å². The molecule has 2 aromatic heterocycles. The van der Waals surface area contributed by atoms with Gasteiger partial charge in [-0.1, -0.05) is 70.8 Å². The van der Waals surface area contributed by atoms with E-state index in [2.05, 4.69) is 50.4 Å². The highest BCUT2D eigenvalue weighted by atomic mass is 35.5. The van der Waals surface area contributed by atoms with Gasteiger partial charge in [0.25, 0.3) is 35.2 Å². The average Bonchev–Trinajstić information content (AvgIpc) is 3.23. The Morgan fingerprint density at radius 3 is 0.984 bits per heavy atom. The van der Waals surface area contributed by atoms with Crippen LogP contribution in [0.1, 0.15) is 22.3 Å². The Hall–Kier alpha value is -5.04. The number of nitrogens with one attached hydrogen (secondary N) is 7. The third-order valence-corrected chi connectivity index (χ3v) is 13.3. The van der Waals surface area contributed by atoms with Crippen molar-refractivity contribution in [3.05, 3.63) is 135 Å². The van der Waals surface area contributed by atoms with Gasteiger partial charge in [0.2, 0.25) is 37.6 Å². The average molecular weight is 1040 g/mol. The standard InChI is InChI=1S/C24H25N7O6S3.C7H10N2O2S.C3Cl3N3.H2N2.H2S/c1-16-4-10-19(11-5-16)38(32,33)24-26-22(28-30-39(34,35)20-12-6-17(2)7-13-20)25-23(27-24)29-31-40(36,37)21-14-8-18(3)9-15-21;1-6-2-4-7(5-3-6)12(10,11)9-8;4-1-7-2(5)9-3(6)8-1;1-2;/h4-15,30-31H,1-3H3,(H2,25,26,27,28,29);2-5,9H,8H2,1H3;;1-2H;1H2. The summed E-state index contributed by atoms with van der Waals surface area (Å²) in [6.07, 6.45) is 0. The highest BCUT2D eigenvalue weighted by Crippen LogP contribution is 2.21. The van der Waals surface area contributed by atoms with Gasteiger partial charge in [0.05, 0.1) is 19.6 Å². The number of aryl methyl sites for hydroxylation is 4. The lowest BCUT2D eigenvalue weighted by atomic mass is 10.2. The van der Waals surface area contributed by atoms with Crippen molar-refractivity contribution >= 4 is 100 Å². The molecule has 0 radical (unpaired) electrons. The van der Waals surface area contributed by atoms with E-state index in [9.17, 15) is 33.7 Å². The number of rotatable bonds is 12. The van der Waals surface area contributed by atoms with E-state index >= 15 is 0 Å². The van der Waals surface area contributed by atoms with Gasteiger partial charge in [-0.3, -0.25) is 16.7 Å². The monoisotopic (exact) mass is 1040 g/mol. The normalized spacial score (nSPS) is 11.2. The van der Waals surface area contributed by atoms with E-state index in [1.807, 2.05) is 6.92 Å². The van der Waals surface area contributed by atoms with Gasteiger partial charge in [0.1, 0.15) is 0 Å². The zero-order chi connectivity index (χ0) is 47.2. The van der Waals surface area contributed by atoms with Gasteiger partial charge >= 0.3 is 0 Å². The summed E-state index contributed by atoms with van der Waals surface area (Å²) < 4.78 is 99.5. The van der Waals surface area contributed by atoms with Crippen LogP contribution < -0.4 is 31.2 Å². The molecule has 344 valence electrons. The highest BCUT2D eigenvalue weighted by Gasteiger charge is 2.25. The Balaban J connectivity index is 0.000000477. The fourth-order valence-corrected chi connectivity index (χ4v) is 8.31. The van der Waals surface area contributed by atoms with Crippen LogP contribution in [0.5, 0.6) is 0 Å². The summed E-state index contributed by atoms with van der Waals surface area (Å²) in [6.45, 7) is 7.25. The molecule has 9 N–H and O–H groups in total. The van der Waals surface area contributed by atoms with E-state index in [-0.39, 0.29) is 48.9 Å². The van der Waals surface area contributed by atoms with Crippen molar-refractivity contribution in [1.29, 1.82) is 11.1 Å². The van der Waals surface area contributed by atoms with E-state index < -0.39 is 57.0 Å². The molecule has 30 heteroatoms. The molecule has 0 aliphatic heterocycles. The maximum absolute atomic E-state index is 13.3. The van der Waals surface area contributed by atoms with Crippen molar-refractivity contribution in [2.75, 3.05) is 10.9 Å². The van der Waals surface area contributed by atoms with Gasteiger partial charge in [-0.25, -0.2) is 44.7 Å². The Labute approximate surface area is 391 Å². The molecule has 0 bridgehead atoms. The third kappa shape index (κ3) is 16.5. The molecular weight excluding hydrogens is 999 g/mol. The molecule has 0 saturated carbocycles. The lowest BCUT2D eigenvalue weighted by molar-refractivity contribution is 0.582. The molecule has 0 fully saturated rings. The van der Waals surface area contributed by atoms with Gasteiger partial charge in [-0.15, -0.1) is 9.66 Å². The number of benzene rings is 4. The van der Waals surface area contributed by atoms with Crippen LogP contribution >= 0.6 is 48.3 Å². The minimum Gasteiger partial charge on any atom is -0.276 e. The summed E-state index contributed by atoms with van der Waals surface area (Å²) in [7, 11) is -16.0. The maximum Gasteiger partial charge on any atom is 0.258 e. The lowest BCUT2D eigenvalue weighted by Gasteiger charge is -2.13. The lowest BCUT2D eigenvalue weighted by Crippen LogP contribution is -2.33. The zero-order valence-electron chi connectivity index (χ0n) is 33.5. The molecule has 0 unspecified atom stereocenters. The first-order valence-corrected chi connectivity index (χ1v) is 24.1.